The molecule has 48 heavy (non-hydrogen) atoms. The summed E-state index contributed by atoms with van der Waals surface area (Å²) in [6, 6.07) is -3.06. The van der Waals surface area contributed by atoms with Crippen LogP contribution in [0.4, 0.5) is 51.1 Å². The van der Waals surface area contributed by atoms with Gasteiger partial charge in [-0.1, -0.05) is 0 Å². The van der Waals surface area contributed by atoms with Crippen molar-refractivity contribution in [3.8, 4) is 23.1 Å². The van der Waals surface area contributed by atoms with Crippen LogP contribution in [0.5, 0.6) is 11.9 Å². The van der Waals surface area contributed by atoms with E-state index >= 15 is 4.39 Å². The van der Waals surface area contributed by atoms with Crippen LogP contribution in [0.25, 0.3) is 22.2 Å². The van der Waals surface area contributed by atoms with Crippen LogP contribution < -0.4 is 25.4 Å². The molecular weight excluding hydrogens is 663 g/mol. The lowest BCUT2D eigenvalue weighted by Crippen LogP contribution is -2.66. The molecule has 0 amide bonds. The Morgan fingerprint density at radius 3 is 2.48 bits per heavy atom. The molecule has 0 radical (unpaired) electrons. The van der Waals surface area contributed by atoms with Gasteiger partial charge < -0.3 is 25.4 Å². The predicted octanol–water partition coefficient (Wildman–Crippen LogP) is 4.49. The van der Waals surface area contributed by atoms with Gasteiger partial charge in [-0.3, -0.25) is 4.90 Å². The van der Waals surface area contributed by atoms with E-state index in [1.165, 1.54) is 4.90 Å². The van der Waals surface area contributed by atoms with Crippen LogP contribution in [0.15, 0.2) is 6.07 Å². The van der Waals surface area contributed by atoms with E-state index in [-0.39, 0.29) is 38.0 Å². The number of nitrogens with one attached hydrogen (secondary N) is 1. The van der Waals surface area contributed by atoms with Gasteiger partial charge in [-0.05, 0) is 32.9 Å². The highest BCUT2D eigenvalue weighted by Crippen LogP contribution is 2.68. The second kappa shape index (κ2) is 9.86. The number of aromatic nitrogens is 4. The van der Waals surface area contributed by atoms with Crippen LogP contribution >= 0.6 is 0 Å². The molecule has 5 aliphatic rings. The molecule has 7 heterocycles. The van der Waals surface area contributed by atoms with Crippen molar-refractivity contribution < 1.29 is 49.0 Å². The summed E-state index contributed by atoms with van der Waals surface area (Å²) in [5, 5.41) is 2.75. The number of ether oxygens (including phenoxy) is 2. The minimum Gasteiger partial charge on any atom is -0.462 e. The summed E-state index contributed by atoms with van der Waals surface area (Å²) in [4.78, 5) is 19.0. The quantitative estimate of drug-likeness (QED) is 0.380. The maximum atomic E-state index is 16.7. The van der Waals surface area contributed by atoms with Crippen LogP contribution in [0.2, 0.25) is 0 Å². The maximum Gasteiger partial charge on any atom is 0.427 e. The van der Waals surface area contributed by atoms with Gasteiger partial charge in [0.1, 0.15) is 34.8 Å². The molecule has 3 saturated heterocycles. The smallest absolute Gasteiger partial charge is 0.427 e. The molecule has 3 aromatic rings. The minimum absolute atomic E-state index is 0.00945. The number of aryl methyl sites for hydroxylation is 1. The first kappa shape index (κ1) is 31.4. The molecule has 2 bridgehead atoms. The third-order valence-electron chi connectivity index (χ3n) is 10.3. The summed E-state index contributed by atoms with van der Waals surface area (Å²) in [6.45, 7) is 0.735. The normalized spacial score (nSPS) is 30.6. The van der Waals surface area contributed by atoms with E-state index < -0.39 is 105 Å². The van der Waals surface area contributed by atoms with Gasteiger partial charge in [-0.15, -0.1) is 0 Å². The lowest BCUT2D eigenvalue weighted by Gasteiger charge is -2.46. The number of nitrogens with zero attached hydrogens (tertiary/aromatic N) is 6. The van der Waals surface area contributed by atoms with E-state index in [1.807, 2.05) is 0 Å². The second-order valence-corrected chi connectivity index (χ2v) is 13.2. The molecule has 0 aromatic carbocycles. The first-order valence-electron chi connectivity index (χ1n) is 15.1. The zero-order valence-electron chi connectivity index (χ0n) is 25.2. The number of fused-ring (bicyclic) bond motifs is 5. The van der Waals surface area contributed by atoms with Crippen molar-refractivity contribution in [2.24, 2.45) is 5.41 Å². The number of likely N-dealkylation sites (tertiary alicyclic amines) is 1. The third kappa shape index (κ3) is 4.48. The molecule has 4 aliphatic heterocycles. The van der Waals surface area contributed by atoms with Gasteiger partial charge in [-0.25, -0.2) is 23.1 Å². The van der Waals surface area contributed by atoms with Gasteiger partial charge in [0.25, 0.3) is 5.92 Å². The van der Waals surface area contributed by atoms with Gasteiger partial charge in [0.2, 0.25) is 12.0 Å². The highest BCUT2D eigenvalue weighted by Gasteiger charge is 2.79. The standard InChI is InChI=1S/C29H27F9N8O2/c1-10-17(28(33,34)35)12(5-15(39)40-10)19-18(30)20-16-23(44-25(43-20)47-7-14-26(9-45(14)2)8-27(26,31)32)46-6-11-3-4-13(41-11)21(46)22(29(36,37)38)48-24(16)42-19/h5,11,13-14,21-22,41H,3-4,6-9H2,1-2H3,(H2,39,40)/t11-,13+,14+,21+,22?,26+/m1/s1. The van der Waals surface area contributed by atoms with E-state index in [0.29, 0.717) is 18.9 Å². The Morgan fingerprint density at radius 1 is 1.10 bits per heavy atom. The number of rotatable bonds is 4. The van der Waals surface area contributed by atoms with Crippen LogP contribution in [0.3, 0.4) is 0 Å². The summed E-state index contributed by atoms with van der Waals surface area (Å²) < 4.78 is 144. The number of halogens is 9. The summed E-state index contributed by atoms with van der Waals surface area (Å²) in [5.41, 5.74) is -0.267. The highest BCUT2D eigenvalue weighted by atomic mass is 19.4. The van der Waals surface area contributed by atoms with Gasteiger partial charge >= 0.3 is 18.4 Å². The average molecular weight is 691 g/mol. The Bertz CT molecular complexity index is 1860. The van der Waals surface area contributed by atoms with E-state index in [1.54, 1.807) is 11.9 Å². The molecule has 19 heteroatoms. The van der Waals surface area contributed by atoms with E-state index in [0.717, 1.165) is 6.92 Å². The fourth-order valence-electron chi connectivity index (χ4n) is 8.07. The van der Waals surface area contributed by atoms with Crippen molar-refractivity contribution in [2.75, 3.05) is 37.4 Å². The summed E-state index contributed by atoms with van der Waals surface area (Å²) in [7, 11) is 1.61. The molecule has 8 rings (SSSR count). The molecule has 3 N–H and O–H groups in total. The number of alkyl halides is 8. The Labute approximate surface area is 265 Å². The molecule has 1 aliphatic carbocycles. The molecule has 1 saturated carbocycles. The third-order valence-corrected chi connectivity index (χ3v) is 10.3. The van der Waals surface area contributed by atoms with Crippen molar-refractivity contribution in [3.63, 3.8) is 0 Å². The number of hydrogen-bond acceptors (Lipinski definition) is 10. The second-order valence-electron chi connectivity index (χ2n) is 13.2. The van der Waals surface area contributed by atoms with Crippen molar-refractivity contribution in [3.05, 3.63) is 23.1 Å². The zero-order chi connectivity index (χ0) is 34.3. The van der Waals surface area contributed by atoms with Crippen LogP contribution in [0, 0.1) is 18.2 Å². The minimum atomic E-state index is -5.10. The van der Waals surface area contributed by atoms with E-state index in [9.17, 15) is 35.1 Å². The van der Waals surface area contributed by atoms with Gasteiger partial charge in [0.05, 0.1) is 28.8 Å². The van der Waals surface area contributed by atoms with Crippen molar-refractivity contribution in [1.82, 2.24) is 30.2 Å². The Morgan fingerprint density at radius 2 is 1.83 bits per heavy atom. The number of anilines is 2. The first-order valence-corrected chi connectivity index (χ1v) is 15.1. The summed E-state index contributed by atoms with van der Waals surface area (Å²) in [6.07, 6.45) is -12.1. The monoisotopic (exact) mass is 690 g/mol. The van der Waals surface area contributed by atoms with Gasteiger partial charge in [0.15, 0.2) is 5.82 Å². The van der Waals surface area contributed by atoms with Crippen molar-refractivity contribution >= 4 is 22.5 Å². The Hall–Kier alpha value is -3.87. The summed E-state index contributed by atoms with van der Waals surface area (Å²) in [5.74, 6) is -5.85. The van der Waals surface area contributed by atoms with Crippen LogP contribution in [0.1, 0.15) is 30.5 Å². The number of nitrogens with two attached hydrogens (primary N) is 1. The van der Waals surface area contributed by atoms with E-state index in [4.69, 9.17) is 15.2 Å². The zero-order valence-corrected chi connectivity index (χ0v) is 25.2. The Balaban J connectivity index is 1.34. The number of hydrogen-bond donors (Lipinski definition) is 2. The predicted molar refractivity (Wildman–Crippen MR) is 150 cm³/mol. The molecule has 3 aromatic heterocycles. The molecular formula is C29H27F9N8O2. The molecule has 258 valence electrons. The van der Waals surface area contributed by atoms with Gasteiger partial charge in [0, 0.05) is 37.2 Å². The van der Waals surface area contributed by atoms with Crippen LogP contribution in [-0.2, 0) is 6.18 Å². The van der Waals surface area contributed by atoms with Crippen molar-refractivity contribution in [2.45, 2.75) is 74.7 Å². The van der Waals surface area contributed by atoms with Crippen molar-refractivity contribution in [1.29, 1.82) is 0 Å². The highest BCUT2D eigenvalue weighted by molar-refractivity contribution is 5.97. The largest absolute Gasteiger partial charge is 0.462 e. The van der Waals surface area contributed by atoms with E-state index in [2.05, 4.69) is 25.3 Å². The number of pyridine rings is 2. The SMILES string of the molecule is Cc1nc(N)cc(-c2nc3c4c(nc(OC[C@@H]5N(C)C[C@@]56CC6(F)F)nc4c2F)N2C[C@H]4CC[C@H](N4)[C@H]2C(C(F)(F)F)O3)c1C(F)(F)F. The molecule has 6 atom stereocenters. The Kier molecular flexibility index (Phi) is 6.45. The number of nitrogen functional groups attached to an aromatic ring is 1. The topological polar surface area (TPSA) is 115 Å². The van der Waals surface area contributed by atoms with Crippen LogP contribution in [-0.4, -0.2) is 94.0 Å². The number of piperazine rings is 1. The lowest BCUT2D eigenvalue weighted by atomic mass is 9.85. The molecule has 1 spiro atoms. The fraction of sp³-hybridized carbons (Fsp3) is 0.586. The fourth-order valence-corrected chi connectivity index (χ4v) is 8.07. The number of likely N-dealkylation sites (N-methyl/N-ethyl adjacent to an activating group) is 1. The maximum absolute atomic E-state index is 16.7. The molecule has 1 unspecified atom stereocenters. The van der Waals surface area contributed by atoms with Gasteiger partial charge in [-0.2, -0.15) is 36.3 Å². The summed E-state index contributed by atoms with van der Waals surface area (Å²) >= 11 is 0. The lowest BCUT2D eigenvalue weighted by molar-refractivity contribution is -0.203. The first-order chi connectivity index (χ1) is 22.4. The molecule has 10 nitrogen and oxygen atoms in total. The average Bonchev–Trinajstić information content (AvgIpc) is 3.40. The molecule has 4 fully saturated rings.